The molecule has 1 unspecified atom stereocenters. The summed E-state index contributed by atoms with van der Waals surface area (Å²) in [5.74, 6) is -0.140. The van der Waals surface area contributed by atoms with Crippen LogP contribution in [0.25, 0.3) is 21.8 Å². The maximum atomic E-state index is 13.6. The van der Waals surface area contributed by atoms with E-state index in [1.165, 1.54) is 29.5 Å². The molecule has 2 aromatic heterocycles. The van der Waals surface area contributed by atoms with Crippen LogP contribution in [0.15, 0.2) is 54.6 Å². The van der Waals surface area contributed by atoms with Gasteiger partial charge in [0.25, 0.3) is 5.91 Å². The molecule has 0 bridgehead atoms. The minimum absolute atomic E-state index is 0.0635. The van der Waals surface area contributed by atoms with E-state index < -0.39 is 18.2 Å². The van der Waals surface area contributed by atoms with Gasteiger partial charge in [-0.25, -0.2) is 9.97 Å². The Morgan fingerprint density at radius 3 is 2.63 bits per heavy atom. The van der Waals surface area contributed by atoms with Crippen LogP contribution in [0.5, 0.6) is 5.75 Å². The molecule has 1 N–H and O–H groups in total. The van der Waals surface area contributed by atoms with Crippen molar-refractivity contribution in [2.45, 2.75) is 32.2 Å². The highest BCUT2D eigenvalue weighted by Crippen LogP contribution is 2.37. The molecule has 1 amide bonds. The minimum atomic E-state index is -4.84. The fourth-order valence-electron chi connectivity index (χ4n) is 4.20. The summed E-state index contributed by atoms with van der Waals surface area (Å²) in [5, 5.41) is 7.72. The Balaban J connectivity index is 1.44. The first-order valence-electron chi connectivity index (χ1n) is 10.9. The number of H-pyrrole nitrogens is 1. The van der Waals surface area contributed by atoms with Crippen LogP contribution in [0.4, 0.5) is 13.2 Å². The second-order valence-electron chi connectivity index (χ2n) is 8.02. The van der Waals surface area contributed by atoms with E-state index in [9.17, 15) is 18.0 Å². The average molecular weight is 500 g/mol. The lowest BCUT2D eigenvalue weighted by Crippen LogP contribution is -2.31. The third kappa shape index (κ3) is 4.76. The number of nitrogens with one attached hydrogen (secondary N) is 1. The summed E-state index contributed by atoms with van der Waals surface area (Å²) in [6.07, 6.45) is -3.44. The zero-order valence-electron chi connectivity index (χ0n) is 18.5. The van der Waals surface area contributed by atoms with Gasteiger partial charge in [0.1, 0.15) is 17.3 Å². The van der Waals surface area contributed by atoms with Crippen LogP contribution in [0.2, 0.25) is 0 Å². The summed E-state index contributed by atoms with van der Waals surface area (Å²) in [5.41, 5.74) is 1.40. The fourth-order valence-corrected chi connectivity index (χ4v) is 5.11. The number of alkyl halides is 3. The first-order chi connectivity index (χ1) is 16.8. The molecule has 1 aliphatic heterocycles. The molecule has 1 aliphatic rings. The Morgan fingerprint density at radius 1 is 1.11 bits per heavy atom. The Bertz CT molecular complexity index is 1350. The van der Waals surface area contributed by atoms with Crippen molar-refractivity contribution in [3.63, 3.8) is 0 Å². The third-order valence-electron chi connectivity index (χ3n) is 5.66. The van der Waals surface area contributed by atoms with Gasteiger partial charge in [-0.05, 0) is 37.5 Å². The van der Waals surface area contributed by atoms with Gasteiger partial charge in [-0.1, -0.05) is 42.5 Å². The number of aromatic amines is 1. The molecule has 11 heteroatoms. The molecule has 35 heavy (non-hydrogen) atoms. The molecule has 0 aliphatic carbocycles. The Morgan fingerprint density at radius 2 is 1.86 bits per heavy atom. The first kappa shape index (κ1) is 23.0. The van der Waals surface area contributed by atoms with Crippen molar-refractivity contribution in [2.24, 2.45) is 0 Å². The maximum Gasteiger partial charge on any atom is 0.573 e. The number of carbonyl (C=O) groups excluding carboxylic acids is 1. The van der Waals surface area contributed by atoms with Gasteiger partial charge in [-0.3, -0.25) is 9.89 Å². The molecule has 1 atom stereocenters. The molecular formula is C24H20F3N5O2S. The van der Waals surface area contributed by atoms with Crippen molar-refractivity contribution in [2.75, 3.05) is 6.54 Å². The SMILES string of the molecule is Cc1nc(C(=O)N2CCCC2c2nc(-c3ccccc3OC(F)(F)F)n[nH]2)c(-c2ccccc2)s1. The van der Waals surface area contributed by atoms with E-state index in [1.54, 1.807) is 11.0 Å². The number of hydrogen-bond acceptors (Lipinski definition) is 6. The molecular weight excluding hydrogens is 479 g/mol. The summed E-state index contributed by atoms with van der Waals surface area (Å²) in [6.45, 7) is 2.37. The second kappa shape index (κ2) is 9.14. The normalized spacial score (nSPS) is 16.0. The summed E-state index contributed by atoms with van der Waals surface area (Å²) in [6, 6.07) is 14.9. The summed E-state index contributed by atoms with van der Waals surface area (Å²) in [4.78, 5) is 25.0. The van der Waals surface area contributed by atoms with Crippen LogP contribution < -0.4 is 4.74 Å². The van der Waals surface area contributed by atoms with Crippen LogP contribution in [0.1, 0.15) is 40.2 Å². The summed E-state index contributed by atoms with van der Waals surface area (Å²) < 4.78 is 42.6. The molecule has 4 aromatic rings. The topological polar surface area (TPSA) is 84.0 Å². The fraction of sp³-hybridized carbons (Fsp3) is 0.250. The number of amides is 1. The first-order valence-corrected chi connectivity index (χ1v) is 11.7. The van der Waals surface area contributed by atoms with Gasteiger partial charge >= 0.3 is 6.36 Å². The second-order valence-corrected chi connectivity index (χ2v) is 9.22. The predicted molar refractivity (Wildman–Crippen MR) is 124 cm³/mol. The van der Waals surface area contributed by atoms with Crippen LogP contribution in [-0.4, -0.2) is 43.9 Å². The number of aryl methyl sites for hydroxylation is 1. The average Bonchev–Trinajstić information content (AvgIpc) is 3.58. The number of para-hydroxylation sites is 1. The molecule has 3 heterocycles. The van der Waals surface area contributed by atoms with E-state index in [2.05, 4.69) is 24.9 Å². The van der Waals surface area contributed by atoms with Crippen LogP contribution in [0, 0.1) is 6.92 Å². The van der Waals surface area contributed by atoms with Crippen molar-refractivity contribution in [1.29, 1.82) is 0 Å². The lowest BCUT2D eigenvalue weighted by Gasteiger charge is -2.22. The number of rotatable bonds is 5. The Kier molecular flexibility index (Phi) is 6.01. The Labute approximate surface area is 202 Å². The smallest absolute Gasteiger partial charge is 0.405 e. The van der Waals surface area contributed by atoms with Crippen molar-refractivity contribution < 1.29 is 22.7 Å². The van der Waals surface area contributed by atoms with Crippen LogP contribution in [0.3, 0.4) is 0 Å². The predicted octanol–water partition coefficient (Wildman–Crippen LogP) is 5.78. The van der Waals surface area contributed by atoms with E-state index >= 15 is 0 Å². The van der Waals surface area contributed by atoms with Crippen molar-refractivity contribution >= 4 is 17.2 Å². The monoisotopic (exact) mass is 499 g/mol. The number of nitrogens with zero attached hydrogens (tertiary/aromatic N) is 4. The molecule has 0 saturated carbocycles. The van der Waals surface area contributed by atoms with E-state index in [-0.39, 0.29) is 17.3 Å². The number of thiazole rings is 1. The highest BCUT2D eigenvalue weighted by molar-refractivity contribution is 7.15. The van der Waals surface area contributed by atoms with Crippen molar-refractivity contribution in [3.05, 3.63) is 71.1 Å². The molecule has 1 saturated heterocycles. The van der Waals surface area contributed by atoms with E-state index in [4.69, 9.17) is 0 Å². The van der Waals surface area contributed by atoms with Gasteiger partial charge in [0.05, 0.1) is 21.5 Å². The van der Waals surface area contributed by atoms with Crippen molar-refractivity contribution in [3.8, 4) is 27.6 Å². The van der Waals surface area contributed by atoms with Gasteiger partial charge in [0, 0.05) is 6.54 Å². The van der Waals surface area contributed by atoms with Gasteiger partial charge in [0.2, 0.25) is 0 Å². The lowest BCUT2D eigenvalue weighted by molar-refractivity contribution is -0.274. The third-order valence-corrected chi connectivity index (χ3v) is 6.68. The van der Waals surface area contributed by atoms with Crippen LogP contribution in [-0.2, 0) is 0 Å². The van der Waals surface area contributed by atoms with Gasteiger partial charge in [-0.15, -0.1) is 24.5 Å². The zero-order chi connectivity index (χ0) is 24.6. The summed E-state index contributed by atoms with van der Waals surface area (Å²) >= 11 is 1.46. The maximum absolute atomic E-state index is 13.6. The molecule has 7 nitrogen and oxygen atoms in total. The number of halogens is 3. The zero-order valence-corrected chi connectivity index (χ0v) is 19.4. The molecule has 2 aromatic carbocycles. The van der Waals surface area contributed by atoms with E-state index in [1.807, 2.05) is 37.3 Å². The lowest BCUT2D eigenvalue weighted by atomic mass is 10.1. The molecule has 0 spiro atoms. The molecule has 1 fully saturated rings. The van der Waals surface area contributed by atoms with E-state index in [0.29, 0.717) is 24.5 Å². The quantitative estimate of drug-likeness (QED) is 0.376. The van der Waals surface area contributed by atoms with Gasteiger partial charge in [-0.2, -0.15) is 5.10 Å². The number of likely N-dealkylation sites (tertiary alicyclic amines) is 1. The molecule has 180 valence electrons. The number of benzene rings is 2. The standard InChI is InChI=1S/C24H20F3N5O2S/c1-14-28-19(20(35-14)15-8-3-2-4-9-15)23(33)32-13-7-11-17(32)22-29-21(30-31-22)16-10-5-6-12-18(16)34-24(25,26)27/h2-6,8-10,12,17H,7,11,13H2,1H3,(H,29,30,31). The number of aromatic nitrogens is 4. The minimum Gasteiger partial charge on any atom is -0.405 e. The van der Waals surface area contributed by atoms with Crippen LogP contribution >= 0.6 is 11.3 Å². The number of carbonyl (C=O) groups is 1. The van der Waals surface area contributed by atoms with Gasteiger partial charge < -0.3 is 9.64 Å². The Hall–Kier alpha value is -3.73. The highest BCUT2D eigenvalue weighted by Gasteiger charge is 2.36. The van der Waals surface area contributed by atoms with Gasteiger partial charge in [0.15, 0.2) is 5.82 Å². The van der Waals surface area contributed by atoms with Crippen molar-refractivity contribution in [1.82, 2.24) is 25.1 Å². The summed E-state index contributed by atoms with van der Waals surface area (Å²) in [7, 11) is 0. The number of hydrogen-bond donors (Lipinski definition) is 1. The number of ether oxygens (including phenoxy) is 1. The van der Waals surface area contributed by atoms with E-state index in [0.717, 1.165) is 21.9 Å². The molecule has 5 rings (SSSR count). The molecule has 0 radical (unpaired) electrons. The highest BCUT2D eigenvalue weighted by atomic mass is 32.1. The largest absolute Gasteiger partial charge is 0.573 e.